The number of nitro groups is 1. The van der Waals surface area contributed by atoms with Gasteiger partial charge in [0.1, 0.15) is 31.3 Å². The topological polar surface area (TPSA) is 156 Å². The number of nitrogens with zero attached hydrogens (tertiary/aromatic N) is 4. The number of amides is 1. The number of oxime groups is 1. The summed E-state index contributed by atoms with van der Waals surface area (Å²) in [7, 11) is 3.25. The molecule has 296 valence electrons. The molecule has 2 heterocycles. The van der Waals surface area contributed by atoms with Crippen molar-refractivity contribution in [1.82, 2.24) is 9.80 Å². The molecule has 4 aliphatic rings. The second-order valence-electron chi connectivity index (χ2n) is 14.8. The summed E-state index contributed by atoms with van der Waals surface area (Å²) in [6, 6.07) is 11.3. The molecular formula is C42H54N4O9. The van der Waals surface area contributed by atoms with Crippen LogP contribution >= 0.6 is 0 Å². The van der Waals surface area contributed by atoms with Crippen molar-refractivity contribution in [3.05, 3.63) is 94.1 Å². The maximum absolute atomic E-state index is 14.1. The van der Waals surface area contributed by atoms with Crippen molar-refractivity contribution in [3.8, 4) is 11.5 Å². The maximum Gasteiger partial charge on any atom is 0.269 e. The van der Waals surface area contributed by atoms with Crippen molar-refractivity contribution in [3.63, 3.8) is 0 Å². The quantitative estimate of drug-likeness (QED) is 0.0428. The Morgan fingerprint density at radius 2 is 1.87 bits per heavy atom. The van der Waals surface area contributed by atoms with E-state index < -0.39 is 22.7 Å². The summed E-state index contributed by atoms with van der Waals surface area (Å²) < 4.78 is 20.4. The number of hydrogen-bond acceptors (Lipinski definition) is 11. The van der Waals surface area contributed by atoms with Crippen LogP contribution in [0.3, 0.4) is 0 Å². The van der Waals surface area contributed by atoms with Crippen LogP contribution in [-0.2, 0) is 14.4 Å². The highest BCUT2D eigenvalue weighted by atomic mass is 16.7. The predicted octanol–water partition coefficient (Wildman–Crippen LogP) is 5.72. The van der Waals surface area contributed by atoms with Gasteiger partial charge in [-0.25, -0.2) is 0 Å². The van der Waals surface area contributed by atoms with Gasteiger partial charge >= 0.3 is 0 Å². The van der Waals surface area contributed by atoms with Gasteiger partial charge in [-0.2, -0.15) is 0 Å². The standard InChI is InChI=1S/C42H54N4O9/c1-4-24-54-42-38(44(2)39(49)18-13-29-11-14-31(15-12-29)46(50)51)28-36(43-52-3)34-26-30(9-5-7-22-47)33(10-6-8-23-48)40(41(34)42)35-27-32(16-17-37(35)55-42)53-25-21-45-19-20-45/h4,11-18,26-27,30,33,38,40-41,47-48H,1,5-10,19-25,28H2,2-3H3. The fourth-order valence-electron chi connectivity index (χ4n) is 8.66. The molecule has 1 saturated carbocycles. The summed E-state index contributed by atoms with van der Waals surface area (Å²) in [6.07, 6.45) is 12.1. The van der Waals surface area contributed by atoms with Crippen molar-refractivity contribution >= 4 is 23.4 Å². The molecule has 55 heavy (non-hydrogen) atoms. The van der Waals surface area contributed by atoms with E-state index in [4.69, 9.17) is 19.0 Å². The van der Waals surface area contributed by atoms with Crippen LogP contribution < -0.4 is 9.47 Å². The van der Waals surface area contributed by atoms with Crippen LogP contribution in [0.5, 0.6) is 11.5 Å². The Kier molecular flexibility index (Phi) is 13.4. The number of aliphatic hydroxyl groups is 2. The first-order chi connectivity index (χ1) is 26.7. The number of aliphatic hydroxyl groups excluding tert-OH is 2. The van der Waals surface area contributed by atoms with E-state index in [1.54, 1.807) is 36.2 Å². The normalized spacial score (nSPS) is 26.1. The summed E-state index contributed by atoms with van der Waals surface area (Å²) in [5, 5.41) is 35.3. The van der Waals surface area contributed by atoms with Gasteiger partial charge < -0.3 is 34.2 Å². The minimum Gasteiger partial charge on any atom is -0.492 e. The molecule has 2 aliphatic carbocycles. The zero-order valence-corrected chi connectivity index (χ0v) is 31.9. The fourth-order valence-corrected chi connectivity index (χ4v) is 8.66. The summed E-state index contributed by atoms with van der Waals surface area (Å²) in [4.78, 5) is 34.3. The molecule has 2 aromatic carbocycles. The molecule has 2 fully saturated rings. The van der Waals surface area contributed by atoms with Gasteiger partial charge in [-0.3, -0.25) is 19.8 Å². The summed E-state index contributed by atoms with van der Waals surface area (Å²) in [5.74, 6) is -0.589. The number of rotatable bonds is 20. The van der Waals surface area contributed by atoms with Crippen LogP contribution in [0.25, 0.3) is 6.08 Å². The van der Waals surface area contributed by atoms with Gasteiger partial charge in [0.2, 0.25) is 11.7 Å². The third-order valence-electron chi connectivity index (χ3n) is 11.4. The minimum absolute atomic E-state index is 0.0325. The van der Waals surface area contributed by atoms with Gasteiger partial charge in [0, 0.05) is 76.0 Å². The van der Waals surface area contributed by atoms with E-state index in [0.29, 0.717) is 36.5 Å². The Morgan fingerprint density at radius 3 is 2.55 bits per heavy atom. The summed E-state index contributed by atoms with van der Waals surface area (Å²) >= 11 is 0. The first-order valence-corrected chi connectivity index (χ1v) is 19.4. The fraction of sp³-hybridized carbons (Fsp3) is 0.524. The van der Waals surface area contributed by atoms with E-state index in [-0.39, 0.29) is 55.6 Å². The van der Waals surface area contributed by atoms with Crippen LogP contribution in [0, 0.1) is 27.9 Å². The van der Waals surface area contributed by atoms with Crippen LogP contribution in [0.2, 0.25) is 0 Å². The second kappa shape index (κ2) is 18.4. The largest absolute Gasteiger partial charge is 0.492 e. The molecule has 1 amide bonds. The molecule has 6 unspecified atom stereocenters. The highest BCUT2D eigenvalue weighted by Crippen LogP contribution is 2.61. The highest BCUT2D eigenvalue weighted by molar-refractivity contribution is 6.03. The summed E-state index contributed by atoms with van der Waals surface area (Å²) in [6.45, 7) is 7.97. The molecule has 6 atom stereocenters. The van der Waals surface area contributed by atoms with E-state index in [0.717, 1.165) is 62.2 Å². The number of ether oxygens (including phenoxy) is 3. The summed E-state index contributed by atoms with van der Waals surface area (Å²) in [5.41, 5.74) is 3.28. The number of nitro benzene ring substituents is 1. The third-order valence-corrected chi connectivity index (χ3v) is 11.4. The Balaban J connectivity index is 1.46. The zero-order valence-electron chi connectivity index (χ0n) is 31.9. The minimum atomic E-state index is -1.36. The number of hydrogen-bond donors (Lipinski definition) is 2. The van der Waals surface area contributed by atoms with E-state index in [2.05, 4.69) is 28.8 Å². The van der Waals surface area contributed by atoms with Crippen LogP contribution in [-0.4, -0.2) is 109 Å². The molecule has 0 aromatic heterocycles. The lowest BCUT2D eigenvalue weighted by molar-refractivity contribution is -0.384. The molecule has 0 radical (unpaired) electrons. The molecule has 13 nitrogen and oxygen atoms in total. The number of allylic oxidation sites excluding steroid dienone is 1. The SMILES string of the molecule is C=CCOC12Oc3ccc(OCCN4CC4)cc3C3C(CCCCO)C(CCCCO)C=C(C(=NOC)CC1N(C)C(=O)C=Cc1ccc([N+](=O)[O-])cc1)C32. The van der Waals surface area contributed by atoms with E-state index in [1.165, 1.54) is 25.3 Å². The average Bonchev–Trinajstić information content (AvgIpc) is 4.02. The molecular weight excluding hydrogens is 704 g/mol. The number of non-ortho nitro benzene ring substituents is 1. The van der Waals surface area contributed by atoms with Gasteiger partial charge in [-0.05, 0) is 85.1 Å². The number of carbonyl (C=O) groups is 1. The van der Waals surface area contributed by atoms with Gasteiger partial charge in [0.25, 0.3) is 5.69 Å². The van der Waals surface area contributed by atoms with Crippen LogP contribution in [0.15, 0.2) is 78.0 Å². The average molecular weight is 759 g/mol. The van der Waals surface area contributed by atoms with Crippen LogP contribution in [0.4, 0.5) is 5.69 Å². The smallest absolute Gasteiger partial charge is 0.269 e. The van der Waals surface area contributed by atoms with E-state index >= 15 is 0 Å². The van der Waals surface area contributed by atoms with Crippen molar-refractivity contribution in [2.24, 2.45) is 22.9 Å². The lowest BCUT2D eigenvalue weighted by atomic mass is 9.55. The van der Waals surface area contributed by atoms with Gasteiger partial charge in [-0.1, -0.05) is 30.1 Å². The Bertz CT molecular complexity index is 1760. The van der Waals surface area contributed by atoms with E-state index in [9.17, 15) is 25.1 Å². The van der Waals surface area contributed by atoms with Gasteiger partial charge in [-0.15, -0.1) is 6.58 Å². The molecule has 6 rings (SSSR count). The first kappa shape index (κ1) is 40.1. The number of benzene rings is 2. The number of likely N-dealkylation sites (N-methyl/N-ethyl adjacent to an activating group) is 1. The Hall–Kier alpha value is -4.56. The number of carbonyl (C=O) groups excluding carboxylic acids is 1. The molecule has 2 aromatic rings. The monoisotopic (exact) mass is 758 g/mol. The van der Waals surface area contributed by atoms with Crippen molar-refractivity contribution in [1.29, 1.82) is 0 Å². The lowest BCUT2D eigenvalue weighted by Crippen LogP contribution is -2.69. The predicted molar refractivity (Wildman–Crippen MR) is 209 cm³/mol. The number of unbranched alkanes of at least 4 members (excludes halogenated alkanes) is 2. The lowest BCUT2D eigenvalue weighted by Gasteiger charge is -2.59. The van der Waals surface area contributed by atoms with Crippen LogP contribution in [0.1, 0.15) is 62.0 Å². The molecule has 13 heteroatoms. The third kappa shape index (κ3) is 8.96. The maximum atomic E-state index is 14.1. The molecule has 0 bridgehead atoms. The Morgan fingerprint density at radius 1 is 1.13 bits per heavy atom. The Labute approximate surface area is 323 Å². The van der Waals surface area contributed by atoms with Gasteiger partial charge in [0.05, 0.1) is 23.2 Å². The molecule has 0 spiro atoms. The second-order valence-corrected chi connectivity index (χ2v) is 14.8. The van der Waals surface area contributed by atoms with Crippen molar-refractivity contribution < 1.29 is 39.0 Å². The van der Waals surface area contributed by atoms with E-state index in [1.807, 2.05) is 12.1 Å². The highest BCUT2D eigenvalue weighted by Gasteiger charge is 2.65. The molecule has 2 aliphatic heterocycles. The van der Waals surface area contributed by atoms with Crippen molar-refractivity contribution in [2.75, 3.05) is 60.2 Å². The zero-order chi connectivity index (χ0) is 39.0. The van der Waals surface area contributed by atoms with Gasteiger partial charge in [0.15, 0.2) is 0 Å². The van der Waals surface area contributed by atoms with Crippen molar-refractivity contribution in [2.45, 2.75) is 62.7 Å². The molecule has 1 saturated heterocycles. The molecule has 2 N–H and O–H groups in total. The number of fused-ring (bicyclic) bond motifs is 2. The first-order valence-electron chi connectivity index (χ1n) is 19.4.